The number of nitrogens with zero attached hydrogens (tertiary/aromatic N) is 7. The van der Waals surface area contributed by atoms with Gasteiger partial charge in [0.05, 0.1) is 46.2 Å². The molecule has 42 heavy (non-hydrogen) atoms. The maximum atomic E-state index is 6.73. The molecule has 0 radical (unpaired) electrons. The van der Waals surface area contributed by atoms with Gasteiger partial charge in [-0.25, -0.2) is 9.51 Å². The SMILES string of the molecule is Cn1cc(-c2cc3c(N[C@@H]4CC[C@](C)(N)C4(C)C)c(C(N)=Nc4ccc(N=Nc5ccccc5)cc4)cnn3c2)cn1. The van der Waals surface area contributed by atoms with Crippen LogP contribution in [0.3, 0.4) is 0 Å². The highest BCUT2D eigenvalue weighted by Gasteiger charge is 2.49. The number of amidine groups is 1. The number of anilines is 1. The lowest BCUT2D eigenvalue weighted by molar-refractivity contribution is 0.215. The minimum Gasteiger partial charge on any atom is -0.383 e. The molecule has 3 aromatic heterocycles. The van der Waals surface area contributed by atoms with E-state index in [1.807, 2.05) is 84.8 Å². The molecule has 1 aliphatic rings. The zero-order valence-corrected chi connectivity index (χ0v) is 24.4. The quantitative estimate of drug-likeness (QED) is 0.118. The van der Waals surface area contributed by atoms with Crippen LogP contribution in [0.4, 0.5) is 22.7 Å². The van der Waals surface area contributed by atoms with Gasteiger partial charge in [0.1, 0.15) is 5.84 Å². The van der Waals surface area contributed by atoms with Crippen molar-refractivity contribution in [3.05, 3.63) is 91.0 Å². The number of fused-ring (bicyclic) bond motifs is 1. The molecule has 3 heterocycles. The Balaban J connectivity index is 1.36. The van der Waals surface area contributed by atoms with Crippen LogP contribution < -0.4 is 16.8 Å². The van der Waals surface area contributed by atoms with Crippen LogP contribution in [0.2, 0.25) is 0 Å². The summed E-state index contributed by atoms with van der Waals surface area (Å²) < 4.78 is 3.66. The molecule has 2 atom stereocenters. The summed E-state index contributed by atoms with van der Waals surface area (Å²) in [6.07, 6.45) is 9.48. The third kappa shape index (κ3) is 5.16. The van der Waals surface area contributed by atoms with E-state index >= 15 is 0 Å². The summed E-state index contributed by atoms with van der Waals surface area (Å²) in [6.45, 7) is 6.58. The third-order valence-corrected chi connectivity index (χ3v) is 8.70. The molecule has 0 spiro atoms. The summed E-state index contributed by atoms with van der Waals surface area (Å²) in [6, 6.07) is 19.4. The van der Waals surface area contributed by atoms with Crippen molar-refractivity contribution in [2.75, 3.05) is 5.32 Å². The molecule has 10 nitrogen and oxygen atoms in total. The van der Waals surface area contributed by atoms with Crippen molar-refractivity contribution in [3.8, 4) is 11.1 Å². The van der Waals surface area contributed by atoms with E-state index in [1.54, 1.807) is 10.9 Å². The van der Waals surface area contributed by atoms with Crippen LogP contribution >= 0.6 is 0 Å². The van der Waals surface area contributed by atoms with E-state index in [9.17, 15) is 0 Å². The number of aromatic nitrogens is 4. The molecule has 214 valence electrons. The van der Waals surface area contributed by atoms with Gasteiger partial charge in [-0.2, -0.15) is 20.4 Å². The zero-order valence-electron chi connectivity index (χ0n) is 24.4. The lowest BCUT2D eigenvalue weighted by atomic mass is 9.75. The first-order valence-corrected chi connectivity index (χ1v) is 14.1. The molecule has 5 aromatic rings. The number of rotatable bonds is 7. The van der Waals surface area contributed by atoms with Gasteiger partial charge in [-0.1, -0.05) is 32.0 Å². The first-order valence-electron chi connectivity index (χ1n) is 14.1. The molecular formula is C32H36N10. The second-order valence-electron chi connectivity index (χ2n) is 11.8. The van der Waals surface area contributed by atoms with Gasteiger partial charge in [0.2, 0.25) is 0 Å². The largest absolute Gasteiger partial charge is 0.383 e. The fourth-order valence-corrected chi connectivity index (χ4v) is 5.49. The van der Waals surface area contributed by atoms with Crippen molar-refractivity contribution >= 4 is 34.1 Å². The van der Waals surface area contributed by atoms with Crippen LogP contribution in [0.15, 0.2) is 101 Å². The summed E-state index contributed by atoms with van der Waals surface area (Å²) in [5.74, 6) is 0.363. The summed E-state index contributed by atoms with van der Waals surface area (Å²) in [5.41, 5.74) is 19.7. The molecule has 10 heteroatoms. The third-order valence-electron chi connectivity index (χ3n) is 8.70. The maximum absolute atomic E-state index is 6.73. The Hall–Kier alpha value is -4.83. The number of nitrogens with one attached hydrogen (secondary N) is 1. The predicted molar refractivity (Wildman–Crippen MR) is 168 cm³/mol. The van der Waals surface area contributed by atoms with Crippen molar-refractivity contribution in [1.29, 1.82) is 0 Å². The van der Waals surface area contributed by atoms with Crippen LogP contribution in [-0.2, 0) is 7.05 Å². The zero-order chi connectivity index (χ0) is 29.5. The smallest absolute Gasteiger partial charge is 0.135 e. The molecular weight excluding hydrogens is 524 g/mol. The van der Waals surface area contributed by atoms with E-state index < -0.39 is 0 Å². The van der Waals surface area contributed by atoms with E-state index in [0.717, 1.165) is 52.1 Å². The van der Waals surface area contributed by atoms with Gasteiger partial charge in [0.25, 0.3) is 0 Å². The topological polar surface area (TPSA) is 136 Å². The van der Waals surface area contributed by atoms with E-state index in [0.29, 0.717) is 11.5 Å². The molecule has 5 N–H and O–H groups in total. The fraction of sp³-hybridized carbons (Fsp3) is 0.281. The number of nitrogens with two attached hydrogens (primary N) is 2. The van der Waals surface area contributed by atoms with Crippen LogP contribution in [0, 0.1) is 5.41 Å². The number of hydrogen-bond donors (Lipinski definition) is 3. The Labute approximate surface area is 245 Å². The number of benzene rings is 2. The molecule has 0 aliphatic heterocycles. The Morgan fingerprint density at radius 1 is 0.905 bits per heavy atom. The minimum atomic E-state index is -0.295. The minimum absolute atomic E-state index is 0.135. The second kappa shape index (κ2) is 10.5. The van der Waals surface area contributed by atoms with Gasteiger partial charge in [-0.15, -0.1) is 0 Å². The van der Waals surface area contributed by atoms with Crippen molar-refractivity contribution in [2.24, 2.45) is 39.2 Å². The van der Waals surface area contributed by atoms with Gasteiger partial charge in [-0.3, -0.25) is 4.68 Å². The fourth-order valence-electron chi connectivity index (χ4n) is 5.49. The first-order chi connectivity index (χ1) is 20.1. The average molecular weight is 561 g/mol. The van der Waals surface area contributed by atoms with Gasteiger partial charge >= 0.3 is 0 Å². The van der Waals surface area contributed by atoms with Crippen LogP contribution in [0.25, 0.3) is 16.6 Å². The van der Waals surface area contributed by atoms with Crippen molar-refractivity contribution < 1.29 is 0 Å². The monoisotopic (exact) mass is 560 g/mol. The highest BCUT2D eigenvalue weighted by Crippen LogP contribution is 2.46. The predicted octanol–water partition coefficient (Wildman–Crippen LogP) is 6.51. The first kappa shape index (κ1) is 27.3. The lowest BCUT2D eigenvalue weighted by Gasteiger charge is -2.39. The Kier molecular flexibility index (Phi) is 6.86. The Morgan fingerprint density at radius 2 is 1.60 bits per heavy atom. The summed E-state index contributed by atoms with van der Waals surface area (Å²) in [4.78, 5) is 4.76. The molecule has 1 saturated carbocycles. The van der Waals surface area contributed by atoms with Gasteiger partial charge < -0.3 is 16.8 Å². The molecule has 0 saturated heterocycles. The molecule has 0 unspecified atom stereocenters. The average Bonchev–Trinajstić information content (AvgIpc) is 3.66. The lowest BCUT2D eigenvalue weighted by Crippen LogP contribution is -2.51. The van der Waals surface area contributed by atoms with E-state index in [4.69, 9.17) is 21.6 Å². The molecule has 0 amide bonds. The molecule has 0 bridgehead atoms. The van der Waals surface area contributed by atoms with Crippen LogP contribution in [0.5, 0.6) is 0 Å². The molecule has 1 fully saturated rings. The summed E-state index contributed by atoms with van der Waals surface area (Å²) in [7, 11) is 1.91. The number of aryl methyl sites for hydroxylation is 1. The number of aliphatic imine (C=N–C) groups is 1. The van der Waals surface area contributed by atoms with E-state index in [1.165, 1.54) is 0 Å². The normalized spacial score (nSPS) is 20.5. The van der Waals surface area contributed by atoms with E-state index in [-0.39, 0.29) is 17.0 Å². The van der Waals surface area contributed by atoms with E-state index in [2.05, 4.69) is 47.5 Å². The number of hydrogen-bond acceptors (Lipinski definition) is 7. The molecule has 6 rings (SSSR count). The highest BCUT2D eigenvalue weighted by atomic mass is 15.2. The maximum Gasteiger partial charge on any atom is 0.135 e. The second-order valence-corrected chi connectivity index (χ2v) is 11.8. The standard InChI is InChI=1S/C32H36N10/c1-31(2)28(14-15-32(31,3)34)38-29-26(18-36-42-20-21(16-27(29)42)22-17-35-41(4)19-22)30(33)37-23-10-12-25(13-11-23)40-39-24-8-6-5-7-9-24/h5-13,16-20,28,38H,14-15,34H2,1-4H3,(H2,33,37)/t28-,32+/m1/s1. The van der Waals surface area contributed by atoms with Crippen molar-refractivity contribution in [1.82, 2.24) is 19.4 Å². The van der Waals surface area contributed by atoms with Gasteiger partial charge in [-0.05, 0) is 62.2 Å². The van der Waals surface area contributed by atoms with Gasteiger partial charge in [0, 0.05) is 47.6 Å². The Bertz CT molecular complexity index is 1780. The summed E-state index contributed by atoms with van der Waals surface area (Å²) in [5, 5.41) is 21.5. The number of azo groups is 1. The van der Waals surface area contributed by atoms with Crippen molar-refractivity contribution in [3.63, 3.8) is 0 Å². The summed E-state index contributed by atoms with van der Waals surface area (Å²) >= 11 is 0. The molecule has 2 aromatic carbocycles. The molecule has 1 aliphatic carbocycles. The van der Waals surface area contributed by atoms with Crippen molar-refractivity contribution in [2.45, 2.75) is 45.2 Å². The van der Waals surface area contributed by atoms with Crippen LogP contribution in [0.1, 0.15) is 39.2 Å². The van der Waals surface area contributed by atoms with Crippen LogP contribution in [-0.4, -0.2) is 36.8 Å². The highest BCUT2D eigenvalue weighted by molar-refractivity contribution is 6.06. The Morgan fingerprint density at radius 3 is 2.24 bits per heavy atom. The van der Waals surface area contributed by atoms with Gasteiger partial charge in [0.15, 0.2) is 0 Å².